The molecule has 1 amide bonds. The van der Waals surface area contributed by atoms with Crippen LogP contribution in [-0.4, -0.2) is 42.6 Å². The van der Waals surface area contributed by atoms with Gasteiger partial charge in [-0.2, -0.15) is 0 Å². The highest BCUT2D eigenvalue weighted by Crippen LogP contribution is 2.26. The summed E-state index contributed by atoms with van der Waals surface area (Å²) in [7, 11) is -2.11. The number of carbonyl (C=O) groups is 1. The largest absolute Gasteiger partial charge is 0.497 e. The number of hydrogen-bond acceptors (Lipinski definition) is 8. The molecule has 0 aliphatic rings. The van der Waals surface area contributed by atoms with Gasteiger partial charge in [-0.15, -0.1) is 16.9 Å². The molecule has 0 spiro atoms. The number of sulfone groups is 1. The Labute approximate surface area is 185 Å². The maximum Gasteiger partial charge on any atom is 0.322 e. The predicted octanol–water partition coefficient (Wildman–Crippen LogP) is 4.05. The van der Waals surface area contributed by atoms with Crippen molar-refractivity contribution in [3.63, 3.8) is 0 Å². The molecular formula is C21H23N3O5S2. The summed E-state index contributed by atoms with van der Waals surface area (Å²) in [5.41, 5.74) is 0.725. The van der Waals surface area contributed by atoms with Crippen molar-refractivity contribution in [3.8, 4) is 17.2 Å². The lowest BCUT2D eigenvalue weighted by Crippen LogP contribution is -2.17. The average Bonchev–Trinajstić information content (AvgIpc) is 3.21. The second kappa shape index (κ2) is 9.97. The highest BCUT2D eigenvalue weighted by Gasteiger charge is 2.18. The summed E-state index contributed by atoms with van der Waals surface area (Å²) >= 11 is 1.74. The average molecular weight is 462 g/mol. The Morgan fingerprint density at radius 2 is 1.77 bits per heavy atom. The number of nitrogens with zero attached hydrogens (tertiary/aromatic N) is 2. The van der Waals surface area contributed by atoms with E-state index < -0.39 is 15.7 Å². The lowest BCUT2D eigenvalue weighted by atomic mass is 10.2. The van der Waals surface area contributed by atoms with Gasteiger partial charge in [0, 0.05) is 22.1 Å². The van der Waals surface area contributed by atoms with E-state index in [-0.39, 0.29) is 29.0 Å². The molecule has 164 valence electrons. The third kappa shape index (κ3) is 6.31. The molecule has 0 fully saturated rings. The lowest BCUT2D eigenvalue weighted by molar-refractivity contribution is -0.115. The number of methoxy groups -OCH3 is 1. The van der Waals surface area contributed by atoms with Crippen molar-refractivity contribution >= 4 is 33.5 Å². The summed E-state index contributed by atoms with van der Waals surface area (Å²) in [5.74, 6) is -0.0587. The molecule has 0 radical (unpaired) electrons. The Bertz CT molecular complexity index is 1120. The van der Waals surface area contributed by atoms with Crippen molar-refractivity contribution in [1.82, 2.24) is 10.2 Å². The standard InChI is InChI=1S/C21H23N3O5S2/c1-14(2)30-17-8-4-15(5-9-17)20-23-24-21(29-20)22-19(25)12-13-31(26,27)18-10-6-16(28-3)7-11-18/h4-11,14H,12-13H2,1-3H3,(H,22,24,25). The smallest absolute Gasteiger partial charge is 0.322 e. The molecule has 10 heteroatoms. The van der Waals surface area contributed by atoms with Crippen LogP contribution in [0.4, 0.5) is 6.01 Å². The van der Waals surface area contributed by atoms with Gasteiger partial charge in [0.15, 0.2) is 9.84 Å². The summed E-state index contributed by atoms with van der Waals surface area (Å²) < 4.78 is 35.3. The van der Waals surface area contributed by atoms with Crippen LogP contribution in [0.1, 0.15) is 20.3 Å². The first-order valence-electron chi connectivity index (χ1n) is 9.54. The van der Waals surface area contributed by atoms with Crippen LogP contribution in [0.5, 0.6) is 5.75 Å². The van der Waals surface area contributed by atoms with Gasteiger partial charge >= 0.3 is 6.01 Å². The van der Waals surface area contributed by atoms with Crippen LogP contribution in [-0.2, 0) is 14.6 Å². The number of benzene rings is 2. The lowest BCUT2D eigenvalue weighted by Gasteiger charge is -2.05. The Morgan fingerprint density at radius 3 is 2.39 bits per heavy atom. The Balaban J connectivity index is 1.57. The summed E-state index contributed by atoms with van der Waals surface area (Å²) in [4.78, 5) is 13.4. The zero-order valence-electron chi connectivity index (χ0n) is 17.4. The number of anilines is 1. The first-order valence-corrected chi connectivity index (χ1v) is 12.1. The number of rotatable bonds is 9. The molecule has 0 unspecified atom stereocenters. The van der Waals surface area contributed by atoms with Crippen LogP contribution in [0.3, 0.4) is 0 Å². The first kappa shape index (κ1) is 22.8. The maximum absolute atomic E-state index is 12.4. The minimum atomic E-state index is -3.61. The fraction of sp³-hybridized carbons (Fsp3) is 0.286. The molecule has 31 heavy (non-hydrogen) atoms. The zero-order valence-corrected chi connectivity index (χ0v) is 19.0. The number of hydrogen-bond donors (Lipinski definition) is 1. The Morgan fingerprint density at radius 1 is 1.10 bits per heavy atom. The number of ether oxygens (including phenoxy) is 1. The molecule has 2 aromatic carbocycles. The topological polar surface area (TPSA) is 111 Å². The van der Waals surface area contributed by atoms with E-state index in [2.05, 4.69) is 29.4 Å². The van der Waals surface area contributed by atoms with Crippen molar-refractivity contribution in [2.24, 2.45) is 0 Å². The monoisotopic (exact) mass is 461 g/mol. The quantitative estimate of drug-likeness (QED) is 0.475. The fourth-order valence-corrected chi connectivity index (χ4v) is 4.73. The van der Waals surface area contributed by atoms with Crippen molar-refractivity contribution in [2.75, 3.05) is 18.2 Å². The van der Waals surface area contributed by atoms with E-state index in [9.17, 15) is 13.2 Å². The molecule has 0 aliphatic heterocycles. The van der Waals surface area contributed by atoms with Gasteiger partial charge in [0.25, 0.3) is 0 Å². The number of thioether (sulfide) groups is 1. The summed E-state index contributed by atoms with van der Waals surface area (Å²) in [6.45, 7) is 4.24. The van der Waals surface area contributed by atoms with Crippen LogP contribution in [0, 0.1) is 0 Å². The predicted molar refractivity (Wildman–Crippen MR) is 119 cm³/mol. The summed E-state index contributed by atoms with van der Waals surface area (Å²) in [5, 5.41) is 10.7. The third-order valence-electron chi connectivity index (χ3n) is 4.16. The zero-order chi connectivity index (χ0) is 22.4. The van der Waals surface area contributed by atoms with E-state index in [0.29, 0.717) is 11.0 Å². The summed E-state index contributed by atoms with van der Waals surface area (Å²) in [6.07, 6.45) is -0.243. The van der Waals surface area contributed by atoms with Gasteiger partial charge in [0.05, 0.1) is 17.8 Å². The third-order valence-corrected chi connectivity index (χ3v) is 6.91. The van der Waals surface area contributed by atoms with Gasteiger partial charge in [0.1, 0.15) is 5.75 Å². The van der Waals surface area contributed by atoms with E-state index in [0.717, 1.165) is 10.5 Å². The minimum Gasteiger partial charge on any atom is -0.497 e. The van der Waals surface area contributed by atoms with Crippen LogP contribution in [0.15, 0.2) is 62.7 Å². The maximum atomic E-state index is 12.4. The molecule has 3 aromatic rings. The Kier molecular flexibility index (Phi) is 7.34. The SMILES string of the molecule is COc1ccc(S(=O)(=O)CCC(=O)Nc2nnc(-c3ccc(SC(C)C)cc3)o2)cc1. The van der Waals surface area contributed by atoms with Crippen LogP contribution in [0.25, 0.3) is 11.5 Å². The van der Waals surface area contributed by atoms with E-state index in [1.165, 1.54) is 19.2 Å². The van der Waals surface area contributed by atoms with Crippen molar-refractivity contribution in [2.45, 2.75) is 35.3 Å². The fourth-order valence-electron chi connectivity index (χ4n) is 2.65. The number of aromatic nitrogens is 2. The number of carbonyl (C=O) groups excluding carboxylic acids is 1. The highest BCUT2D eigenvalue weighted by atomic mass is 32.2. The molecule has 3 rings (SSSR count). The molecule has 0 saturated heterocycles. The van der Waals surface area contributed by atoms with Gasteiger partial charge in [-0.3, -0.25) is 10.1 Å². The minimum absolute atomic E-state index is 0.0810. The van der Waals surface area contributed by atoms with E-state index in [1.54, 1.807) is 23.9 Å². The van der Waals surface area contributed by atoms with E-state index in [1.807, 2.05) is 24.3 Å². The highest BCUT2D eigenvalue weighted by molar-refractivity contribution is 7.99. The van der Waals surface area contributed by atoms with Gasteiger partial charge in [-0.05, 0) is 48.5 Å². The van der Waals surface area contributed by atoms with E-state index >= 15 is 0 Å². The normalized spacial score (nSPS) is 11.5. The number of amides is 1. The summed E-state index contributed by atoms with van der Waals surface area (Å²) in [6, 6.07) is 13.6. The molecule has 1 heterocycles. The van der Waals surface area contributed by atoms with Crippen LogP contribution >= 0.6 is 11.8 Å². The van der Waals surface area contributed by atoms with Crippen molar-refractivity contribution in [1.29, 1.82) is 0 Å². The van der Waals surface area contributed by atoms with E-state index in [4.69, 9.17) is 9.15 Å². The first-order chi connectivity index (χ1) is 14.8. The molecule has 0 aliphatic carbocycles. The van der Waals surface area contributed by atoms with Gasteiger partial charge in [0.2, 0.25) is 11.8 Å². The van der Waals surface area contributed by atoms with Crippen LogP contribution in [0.2, 0.25) is 0 Å². The molecule has 8 nitrogen and oxygen atoms in total. The van der Waals surface area contributed by atoms with Crippen LogP contribution < -0.4 is 10.1 Å². The molecule has 0 atom stereocenters. The van der Waals surface area contributed by atoms with Gasteiger partial charge in [-0.25, -0.2) is 8.42 Å². The second-order valence-corrected chi connectivity index (χ2v) is 10.7. The van der Waals surface area contributed by atoms with Crippen molar-refractivity contribution in [3.05, 3.63) is 48.5 Å². The van der Waals surface area contributed by atoms with Gasteiger partial charge < -0.3 is 9.15 Å². The van der Waals surface area contributed by atoms with Crippen molar-refractivity contribution < 1.29 is 22.4 Å². The molecule has 0 saturated carbocycles. The van der Waals surface area contributed by atoms with Gasteiger partial charge in [-0.1, -0.05) is 18.9 Å². The Hall–Kier alpha value is -2.85. The second-order valence-electron chi connectivity index (χ2n) is 6.90. The molecule has 1 N–H and O–H groups in total. The molecule has 1 aromatic heterocycles. The molecule has 0 bridgehead atoms. The number of nitrogens with one attached hydrogen (secondary N) is 1. The molecular weight excluding hydrogens is 438 g/mol.